The first-order chi connectivity index (χ1) is 8.29. The molecule has 0 fully saturated rings. The molecule has 2 rings (SSSR count). The van der Waals surface area contributed by atoms with Crippen molar-refractivity contribution in [2.24, 2.45) is 0 Å². The number of hydrogen-bond acceptors (Lipinski definition) is 3. The van der Waals surface area contributed by atoms with Gasteiger partial charge in [0.25, 0.3) is 0 Å². The lowest BCUT2D eigenvalue weighted by atomic mass is 10.1. The third kappa shape index (κ3) is 3.25. The largest absolute Gasteiger partial charge is 0.319 e. The van der Waals surface area contributed by atoms with Gasteiger partial charge in [0, 0.05) is 35.9 Å². The van der Waals surface area contributed by atoms with Gasteiger partial charge < -0.3 is 5.32 Å². The summed E-state index contributed by atoms with van der Waals surface area (Å²) in [6.45, 7) is 0.885. The van der Waals surface area contributed by atoms with Gasteiger partial charge in [-0.3, -0.25) is 0 Å². The molecule has 0 saturated heterocycles. The van der Waals surface area contributed by atoms with E-state index in [0.717, 1.165) is 34.9 Å². The zero-order chi connectivity index (χ0) is 12.1. The molecule has 0 aliphatic heterocycles. The van der Waals surface area contributed by atoms with Crippen LogP contribution in [0.3, 0.4) is 0 Å². The van der Waals surface area contributed by atoms with Gasteiger partial charge in [-0.1, -0.05) is 23.7 Å². The van der Waals surface area contributed by atoms with Crippen LogP contribution in [0.25, 0.3) is 11.1 Å². The van der Waals surface area contributed by atoms with Crippen molar-refractivity contribution in [1.29, 1.82) is 0 Å². The quantitative estimate of drug-likeness (QED) is 0.902. The SMILES string of the molecule is CNCCc1ncc(-c2cccc(Cl)c2)cn1. The minimum Gasteiger partial charge on any atom is -0.319 e. The number of aromatic nitrogens is 2. The fourth-order valence-electron chi connectivity index (χ4n) is 1.54. The summed E-state index contributed by atoms with van der Waals surface area (Å²) in [5, 5.41) is 3.80. The average molecular weight is 248 g/mol. The average Bonchev–Trinajstić information content (AvgIpc) is 2.37. The smallest absolute Gasteiger partial charge is 0.129 e. The van der Waals surface area contributed by atoms with Crippen LogP contribution in [0.1, 0.15) is 5.82 Å². The molecule has 0 radical (unpaired) electrons. The van der Waals surface area contributed by atoms with Crippen LogP contribution in [0.2, 0.25) is 5.02 Å². The van der Waals surface area contributed by atoms with Crippen LogP contribution in [0.5, 0.6) is 0 Å². The maximum atomic E-state index is 5.95. The molecule has 0 aliphatic carbocycles. The molecular formula is C13H14ClN3. The molecule has 0 bridgehead atoms. The Morgan fingerprint density at radius 1 is 1.18 bits per heavy atom. The van der Waals surface area contributed by atoms with E-state index in [1.807, 2.05) is 43.7 Å². The molecule has 1 N–H and O–H groups in total. The number of rotatable bonds is 4. The van der Waals surface area contributed by atoms with Crippen LogP contribution >= 0.6 is 11.6 Å². The predicted octanol–water partition coefficient (Wildman–Crippen LogP) is 2.56. The zero-order valence-electron chi connectivity index (χ0n) is 9.65. The van der Waals surface area contributed by atoms with Crippen LogP contribution in [-0.4, -0.2) is 23.6 Å². The lowest BCUT2D eigenvalue weighted by molar-refractivity contribution is 0.755. The number of halogens is 1. The molecule has 0 amide bonds. The highest BCUT2D eigenvalue weighted by Crippen LogP contribution is 2.21. The summed E-state index contributed by atoms with van der Waals surface area (Å²) in [6.07, 6.45) is 4.51. The van der Waals surface area contributed by atoms with E-state index in [0.29, 0.717) is 0 Å². The van der Waals surface area contributed by atoms with E-state index in [1.54, 1.807) is 0 Å². The minimum atomic E-state index is 0.724. The minimum absolute atomic E-state index is 0.724. The van der Waals surface area contributed by atoms with Gasteiger partial charge in [0.1, 0.15) is 5.82 Å². The first-order valence-electron chi connectivity index (χ1n) is 5.51. The standard InChI is InChI=1S/C13H14ClN3/c1-15-6-5-13-16-8-11(9-17-13)10-3-2-4-12(14)7-10/h2-4,7-9,15H,5-6H2,1H3. The summed E-state index contributed by atoms with van der Waals surface area (Å²) in [6, 6.07) is 7.69. The summed E-state index contributed by atoms with van der Waals surface area (Å²) in [4.78, 5) is 8.66. The summed E-state index contributed by atoms with van der Waals surface area (Å²) >= 11 is 5.95. The molecule has 1 aromatic carbocycles. The van der Waals surface area contributed by atoms with Crippen LogP contribution in [0.15, 0.2) is 36.7 Å². The molecule has 17 heavy (non-hydrogen) atoms. The molecule has 0 atom stereocenters. The molecule has 0 unspecified atom stereocenters. The van der Waals surface area contributed by atoms with Crippen LogP contribution in [0.4, 0.5) is 0 Å². The monoisotopic (exact) mass is 247 g/mol. The van der Waals surface area contributed by atoms with Crippen molar-refractivity contribution >= 4 is 11.6 Å². The van der Waals surface area contributed by atoms with Gasteiger partial charge in [-0.25, -0.2) is 9.97 Å². The summed E-state index contributed by atoms with van der Waals surface area (Å²) in [5.41, 5.74) is 2.03. The van der Waals surface area contributed by atoms with Crippen molar-refractivity contribution in [2.75, 3.05) is 13.6 Å². The third-order valence-electron chi connectivity index (χ3n) is 2.46. The Hall–Kier alpha value is -1.45. The number of nitrogens with one attached hydrogen (secondary N) is 1. The maximum absolute atomic E-state index is 5.95. The molecule has 1 heterocycles. The lowest BCUT2D eigenvalue weighted by Crippen LogP contribution is -2.12. The van der Waals surface area contributed by atoms with Gasteiger partial charge in [-0.15, -0.1) is 0 Å². The first kappa shape index (κ1) is 12.0. The maximum Gasteiger partial charge on any atom is 0.129 e. The van der Waals surface area contributed by atoms with Crippen molar-refractivity contribution in [3.05, 3.63) is 47.5 Å². The molecule has 2 aromatic rings. The molecular weight excluding hydrogens is 234 g/mol. The second-order valence-corrected chi connectivity index (χ2v) is 4.19. The molecule has 0 saturated carbocycles. The van der Waals surface area contributed by atoms with E-state index in [1.165, 1.54) is 0 Å². The highest BCUT2D eigenvalue weighted by atomic mass is 35.5. The van der Waals surface area contributed by atoms with Crippen LogP contribution < -0.4 is 5.32 Å². The topological polar surface area (TPSA) is 37.8 Å². The number of nitrogens with zero attached hydrogens (tertiary/aromatic N) is 2. The van der Waals surface area contributed by atoms with Crippen LogP contribution in [-0.2, 0) is 6.42 Å². The predicted molar refractivity (Wildman–Crippen MR) is 70.1 cm³/mol. The van der Waals surface area contributed by atoms with Gasteiger partial charge in [-0.05, 0) is 24.7 Å². The van der Waals surface area contributed by atoms with Gasteiger partial charge in [0.2, 0.25) is 0 Å². The third-order valence-corrected chi connectivity index (χ3v) is 2.70. The van der Waals surface area contributed by atoms with Crippen molar-refractivity contribution in [1.82, 2.24) is 15.3 Å². The molecule has 88 valence electrons. The Morgan fingerprint density at radius 3 is 2.59 bits per heavy atom. The van der Waals surface area contributed by atoms with E-state index in [9.17, 15) is 0 Å². The molecule has 1 aromatic heterocycles. The number of likely N-dealkylation sites (N-methyl/N-ethyl adjacent to an activating group) is 1. The molecule has 4 heteroatoms. The van der Waals surface area contributed by atoms with Gasteiger partial charge in [-0.2, -0.15) is 0 Å². The lowest BCUT2D eigenvalue weighted by Gasteiger charge is -2.03. The molecule has 3 nitrogen and oxygen atoms in total. The molecule has 0 spiro atoms. The van der Waals surface area contributed by atoms with Gasteiger partial charge >= 0.3 is 0 Å². The summed E-state index contributed by atoms with van der Waals surface area (Å²) < 4.78 is 0. The van der Waals surface area contributed by atoms with E-state index < -0.39 is 0 Å². The number of hydrogen-bond donors (Lipinski definition) is 1. The van der Waals surface area contributed by atoms with Crippen molar-refractivity contribution in [3.63, 3.8) is 0 Å². The Labute approximate surface area is 106 Å². The normalized spacial score (nSPS) is 10.5. The van der Waals surface area contributed by atoms with Gasteiger partial charge in [0.05, 0.1) is 0 Å². The summed E-state index contributed by atoms with van der Waals surface area (Å²) in [7, 11) is 1.92. The second kappa shape index (κ2) is 5.75. The Morgan fingerprint density at radius 2 is 1.94 bits per heavy atom. The van der Waals surface area contributed by atoms with E-state index >= 15 is 0 Å². The second-order valence-electron chi connectivity index (χ2n) is 3.75. The van der Waals surface area contributed by atoms with Crippen molar-refractivity contribution < 1.29 is 0 Å². The highest BCUT2D eigenvalue weighted by Gasteiger charge is 2.01. The van der Waals surface area contributed by atoms with E-state index in [2.05, 4.69) is 15.3 Å². The number of benzene rings is 1. The zero-order valence-corrected chi connectivity index (χ0v) is 10.4. The Bertz CT molecular complexity index is 482. The van der Waals surface area contributed by atoms with Crippen molar-refractivity contribution in [2.45, 2.75) is 6.42 Å². The van der Waals surface area contributed by atoms with E-state index in [-0.39, 0.29) is 0 Å². The highest BCUT2D eigenvalue weighted by molar-refractivity contribution is 6.30. The van der Waals surface area contributed by atoms with E-state index in [4.69, 9.17) is 11.6 Å². The van der Waals surface area contributed by atoms with Crippen molar-refractivity contribution in [3.8, 4) is 11.1 Å². The first-order valence-corrected chi connectivity index (χ1v) is 5.89. The fraction of sp³-hybridized carbons (Fsp3) is 0.231. The van der Waals surface area contributed by atoms with Gasteiger partial charge in [0.15, 0.2) is 0 Å². The molecule has 0 aliphatic rings. The Balaban J connectivity index is 2.17. The van der Waals surface area contributed by atoms with Crippen LogP contribution in [0, 0.1) is 0 Å². The summed E-state index contributed by atoms with van der Waals surface area (Å²) in [5.74, 6) is 0.852. The fourth-order valence-corrected chi connectivity index (χ4v) is 1.73. The Kier molecular flexibility index (Phi) is 4.07.